The second-order valence-electron chi connectivity index (χ2n) is 7.60. The number of nitrogens with zero attached hydrogens (tertiary/aromatic N) is 5. The van der Waals surface area contributed by atoms with Gasteiger partial charge in [-0.3, -0.25) is 14.8 Å². The normalized spacial score (nSPS) is 13.8. The summed E-state index contributed by atoms with van der Waals surface area (Å²) in [5.41, 5.74) is 10.3. The summed E-state index contributed by atoms with van der Waals surface area (Å²) in [6.45, 7) is 3.76. The number of carbonyl (C=O) groups excluding carboxylic acids is 1. The zero-order valence-electron chi connectivity index (χ0n) is 18.1. The maximum absolute atomic E-state index is 13.1. The van der Waals surface area contributed by atoms with Crippen LogP contribution in [0, 0.1) is 0 Å². The van der Waals surface area contributed by atoms with Crippen molar-refractivity contribution in [1.29, 1.82) is 0 Å². The van der Waals surface area contributed by atoms with Crippen molar-refractivity contribution in [2.45, 2.75) is 12.8 Å². The molecule has 0 saturated carbocycles. The van der Waals surface area contributed by atoms with E-state index in [-0.39, 0.29) is 23.7 Å². The number of ketones is 1. The van der Waals surface area contributed by atoms with Crippen LogP contribution in [0.2, 0.25) is 0 Å². The molecule has 0 unspecified atom stereocenters. The van der Waals surface area contributed by atoms with Gasteiger partial charge in [0, 0.05) is 49.4 Å². The second-order valence-corrected chi connectivity index (χ2v) is 7.60. The van der Waals surface area contributed by atoms with Crippen molar-refractivity contribution in [2.24, 2.45) is 0 Å². The lowest BCUT2D eigenvalue weighted by Gasteiger charge is -2.30. The first-order valence-corrected chi connectivity index (χ1v) is 10.7. The van der Waals surface area contributed by atoms with Gasteiger partial charge in [-0.15, -0.1) is 0 Å². The lowest BCUT2D eigenvalue weighted by molar-refractivity contribution is 0.0988. The quantitative estimate of drug-likeness (QED) is 0.510. The van der Waals surface area contributed by atoms with Crippen molar-refractivity contribution in [3.8, 4) is 11.4 Å². The average molecular weight is 434 g/mol. The first-order valence-electron chi connectivity index (χ1n) is 10.7. The van der Waals surface area contributed by atoms with E-state index in [0.717, 1.165) is 42.9 Å². The third kappa shape index (κ3) is 5.06. The number of hydrogen-bond acceptors (Lipinski definition) is 9. The molecular weight excluding hydrogens is 406 g/mol. The number of likely N-dealkylation sites (N-methyl/N-ethyl adjacent to an activating group) is 1. The van der Waals surface area contributed by atoms with Gasteiger partial charge in [0.2, 0.25) is 0 Å². The fourth-order valence-corrected chi connectivity index (χ4v) is 3.65. The van der Waals surface area contributed by atoms with Crippen LogP contribution in [0.25, 0.3) is 11.4 Å². The van der Waals surface area contributed by atoms with Gasteiger partial charge in [0.1, 0.15) is 11.4 Å². The molecule has 32 heavy (non-hydrogen) atoms. The van der Waals surface area contributed by atoms with E-state index < -0.39 is 0 Å². The van der Waals surface area contributed by atoms with Gasteiger partial charge in [-0.2, -0.15) is 0 Å². The van der Waals surface area contributed by atoms with Crippen LogP contribution in [0.3, 0.4) is 0 Å². The maximum atomic E-state index is 13.1. The lowest BCUT2D eigenvalue weighted by Crippen LogP contribution is -2.37. The number of ether oxygens (including phenoxy) is 1. The maximum Gasteiger partial charge on any atom is 0.189 e. The third-order valence-corrected chi connectivity index (χ3v) is 5.40. The SMILES string of the molecule is CNCCc1ccc(-c2cnc(N)c(C(=O)Cc3cnccc3N3CCOCC3)n2)nc1. The zero-order chi connectivity index (χ0) is 22.3. The molecule has 0 aliphatic carbocycles. The highest BCUT2D eigenvalue weighted by Crippen LogP contribution is 2.23. The number of Topliss-reactive ketones (excluding diaryl/α,β-unsaturated/α-hetero) is 1. The molecule has 0 radical (unpaired) electrons. The van der Waals surface area contributed by atoms with Gasteiger partial charge in [0.25, 0.3) is 0 Å². The summed E-state index contributed by atoms with van der Waals surface area (Å²) in [4.78, 5) is 32.8. The van der Waals surface area contributed by atoms with Crippen molar-refractivity contribution in [1.82, 2.24) is 25.3 Å². The molecule has 4 heterocycles. The van der Waals surface area contributed by atoms with Crippen molar-refractivity contribution in [2.75, 3.05) is 50.5 Å². The number of rotatable bonds is 8. The van der Waals surface area contributed by atoms with Crippen molar-refractivity contribution < 1.29 is 9.53 Å². The van der Waals surface area contributed by atoms with Gasteiger partial charge in [-0.1, -0.05) is 6.07 Å². The minimum absolute atomic E-state index is 0.112. The summed E-state index contributed by atoms with van der Waals surface area (Å²) in [6.07, 6.45) is 7.85. The Balaban J connectivity index is 1.55. The van der Waals surface area contributed by atoms with Crippen LogP contribution in [0.15, 0.2) is 43.0 Å². The molecule has 1 saturated heterocycles. The molecule has 0 aromatic carbocycles. The molecule has 0 atom stereocenters. The number of nitrogens with one attached hydrogen (secondary N) is 1. The van der Waals surface area contributed by atoms with Crippen LogP contribution in [0.1, 0.15) is 21.6 Å². The Bertz CT molecular complexity index is 1070. The van der Waals surface area contributed by atoms with Gasteiger partial charge in [0.05, 0.1) is 25.1 Å². The molecule has 1 aliphatic rings. The molecular formula is C23H27N7O2. The van der Waals surface area contributed by atoms with E-state index in [1.165, 1.54) is 0 Å². The van der Waals surface area contributed by atoms with E-state index in [0.29, 0.717) is 24.6 Å². The number of anilines is 2. The number of hydrogen-bond donors (Lipinski definition) is 2. The van der Waals surface area contributed by atoms with Gasteiger partial charge >= 0.3 is 0 Å². The Kier molecular flexibility index (Phi) is 6.98. The van der Waals surface area contributed by atoms with E-state index in [2.05, 4.69) is 30.2 Å². The summed E-state index contributed by atoms with van der Waals surface area (Å²) < 4.78 is 5.44. The smallest absolute Gasteiger partial charge is 0.189 e. The van der Waals surface area contributed by atoms with E-state index in [1.807, 2.05) is 31.4 Å². The van der Waals surface area contributed by atoms with Crippen LogP contribution >= 0.6 is 0 Å². The highest BCUT2D eigenvalue weighted by Gasteiger charge is 2.20. The summed E-state index contributed by atoms with van der Waals surface area (Å²) in [5.74, 6) is -0.0915. The van der Waals surface area contributed by atoms with Gasteiger partial charge in [-0.05, 0) is 37.7 Å². The second kappa shape index (κ2) is 10.3. The molecule has 1 fully saturated rings. The fraction of sp³-hybridized carbons (Fsp3) is 0.348. The van der Waals surface area contributed by atoms with Crippen molar-refractivity contribution in [3.63, 3.8) is 0 Å². The predicted molar refractivity (Wildman–Crippen MR) is 123 cm³/mol. The number of pyridine rings is 2. The van der Waals surface area contributed by atoms with Gasteiger partial charge in [0.15, 0.2) is 11.6 Å². The molecule has 0 bridgehead atoms. The van der Waals surface area contributed by atoms with E-state index in [9.17, 15) is 4.79 Å². The number of morpholine rings is 1. The van der Waals surface area contributed by atoms with E-state index >= 15 is 0 Å². The summed E-state index contributed by atoms with van der Waals surface area (Å²) in [5, 5.41) is 3.12. The van der Waals surface area contributed by atoms with Crippen LogP contribution in [-0.4, -0.2) is 65.6 Å². The standard InChI is InChI=1S/C23H27N7O2/c1-25-6-4-16-2-3-18(27-13-16)19-15-28-23(24)22(29-19)21(31)12-17-14-26-7-5-20(17)30-8-10-32-11-9-30/h2-3,5,7,13-15,25H,4,6,8-12H2,1H3,(H2,24,28). The summed E-state index contributed by atoms with van der Waals surface area (Å²) in [7, 11) is 1.92. The van der Waals surface area contributed by atoms with Crippen molar-refractivity contribution >= 4 is 17.3 Å². The molecule has 9 heteroatoms. The van der Waals surface area contributed by atoms with Crippen LogP contribution in [0.5, 0.6) is 0 Å². The molecule has 4 rings (SSSR count). The first-order chi connectivity index (χ1) is 15.7. The first kappa shape index (κ1) is 21.8. The van der Waals surface area contributed by atoms with E-state index in [1.54, 1.807) is 18.6 Å². The fourth-order valence-electron chi connectivity index (χ4n) is 3.65. The zero-order valence-corrected chi connectivity index (χ0v) is 18.1. The Morgan fingerprint density at radius 3 is 2.72 bits per heavy atom. The topological polar surface area (TPSA) is 119 Å². The van der Waals surface area contributed by atoms with Gasteiger partial charge < -0.3 is 20.7 Å². The molecule has 1 aliphatic heterocycles. The average Bonchev–Trinajstić information content (AvgIpc) is 2.84. The molecule has 0 amide bonds. The number of nitrogens with two attached hydrogens (primary N) is 1. The third-order valence-electron chi connectivity index (χ3n) is 5.40. The van der Waals surface area contributed by atoms with Crippen LogP contribution in [0.4, 0.5) is 11.5 Å². The van der Waals surface area contributed by atoms with Crippen LogP contribution < -0.4 is 16.0 Å². The minimum Gasteiger partial charge on any atom is -0.382 e. The van der Waals surface area contributed by atoms with E-state index in [4.69, 9.17) is 10.5 Å². The summed E-state index contributed by atoms with van der Waals surface area (Å²) >= 11 is 0. The Labute approximate surface area is 187 Å². The monoisotopic (exact) mass is 433 g/mol. The van der Waals surface area contributed by atoms with Crippen molar-refractivity contribution in [3.05, 3.63) is 59.8 Å². The Morgan fingerprint density at radius 1 is 1.12 bits per heavy atom. The van der Waals surface area contributed by atoms with Gasteiger partial charge in [-0.25, -0.2) is 9.97 Å². The molecule has 3 aromatic rings. The highest BCUT2D eigenvalue weighted by molar-refractivity contribution is 6.00. The number of aromatic nitrogens is 4. The predicted octanol–water partition coefficient (Wildman–Crippen LogP) is 1.54. The minimum atomic E-state index is -0.204. The molecule has 3 N–H and O–H groups in total. The Morgan fingerprint density at radius 2 is 1.97 bits per heavy atom. The Hall–Kier alpha value is -3.43. The van der Waals surface area contributed by atoms with Crippen LogP contribution in [-0.2, 0) is 17.6 Å². The molecule has 0 spiro atoms. The molecule has 9 nitrogen and oxygen atoms in total. The molecule has 3 aromatic heterocycles. The highest BCUT2D eigenvalue weighted by atomic mass is 16.5. The lowest BCUT2D eigenvalue weighted by atomic mass is 10.1. The largest absolute Gasteiger partial charge is 0.382 e. The number of nitrogen functional groups attached to an aromatic ring is 1. The molecule has 166 valence electrons. The summed E-state index contributed by atoms with van der Waals surface area (Å²) in [6, 6.07) is 5.82. The number of carbonyl (C=O) groups is 1.